The fourth-order valence-corrected chi connectivity index (χ4v) is 3.69. The molecule has 3 rings (SSSR count). The topological polar surface area (TPSA) is 62.2 Å². The van der Waals surface area contributed by atoms with Gasteiger partial charge in [-0.1, -0.05) is 17.7 Å². The Kier molecular flexibility index (Phi) is 6.14. The summed E-state index contributed by atoms with van der Waals surface area (Å²) in [6.45, 7) is -0.254. The highest BCUT2D eigenvalue weighted by Gasteiger charge is 2.46. The minimum absolute atomic E-state index is 0.0290. The monoisotopic (exact) mass is 401 g/mol. The van der Waals surface area contributed by atoms with Crippen LogP contribution in [0.15, 0.2) is 29.1 Å². The number of amides is 2. The molecule has 1 atom stereocenters. The highest BCUT2D eigenvalue weighted by Crippen LogP contribution is 2.32. The first-order valence-corrected chi connectivity index (χ1v) is 9.45. The minimum atomic E-state index is -3.07. The molecule has 0 spiro atoms. The van der Waals surface area contributed by atoms with Gasteiger partial charge in [0.15, 0.2) is 5.76 Å². The highest BCUT2D eigenvalue weighted by molar-refractivity contribution is 6.65. The lowest BCUT2D eigenvalue weighted by Crippen LogP contribution is -2.57. The molecule has 0 aromatic rings. The first-order chi connectivity index (χ1) is 12.8. The lowest BCUT2D eigenvalue weighted by Gasteiger charge is -2.40. The maximum Gasteiger partial charge on any atom is 0.415 e. The summed E-state index contributed by atoms with van der Waals surface area (Å²) in [7, 11) is 0. The van der Waals surface area contributed by atoms with E-state index in [1.54, 1.807) is 6.08 Å². The fraction of sp³-hybridized carbons (Fsp3) is 0.611. The van der Waals surface area contributed by atoms with Gasteiger partial charge in [0, 0.05) is 32.4 Å². The van der Waals surface area contributed by atoms with Crippen molar-refractivity contribution < 1.29 is 23.1 Å². The molecule has 0 aliphatic carbocycles. The van der Waals surface area contributed by atoms with Crippen molar-refractivity contribution in [3.63, 3.8) is 0 Å². The zero-order valence-electron chi connectivity index (χ0n) is 14.9. The average molecular weight is 402 g/mol. The molecular weight excluding hydrogens is 380 g/mol. The summed E-state index contributed by atoms with van der Waals surface area (Å²) in [4.78, 5) is 30.8. The van der Waals surface area contributed by atoms with E-state index in [0.717, 1.165) is 17.7 Å². The SMILES string of the molecule is O=C(OC1=C/N=C(/Cl)CCC/C=C\1)N1CC(N2CCCC2=O)CC(F)(F)C1. The number of ether oxygens (including phenoxy) is 1. The van der Waals surface area contributed by atoms with Crippen LogP contribution in [-0.2, 0) is 9.53 Å². The summed E-state index contributed by atoms with van der Waals surface area (Å²) in [6.07, 6.45) is 6.59. The van der Waals surface area contributed by atoms with Gasteiger partial charge in [-0.15, -0.1) is 0 Å². The van der Waals surface area contributed by atoms with Crippen LogP contribution in [0.25, 0.3) is 0 Å². The molecule has 27 heavy (non-hydrogen) atoms. The number of likely N-dealkylation sites (tertiary alicyclic amines) is 2. The Morgan fingerprint density at radius 2 is 2.15 bits per heavy atom. The molecule has 1 unspecified atom stereocenters. The van der Waals surface area contributed by atoms with Gasteiger partial charge in [-0.25, -0.2) is 18.6 Å². The fourth-order valence-electron chi connectivity index (χ4n) is 3.51. The third kappa shape index (κ3) is 5.28. The molecule has 2 saturated heterocycles. The summed E-state index contributed by atoms with van der Waals surface area (Å²) in [5, 5.41) is 0.393. The predicted molar refractivity (Wildman–Crippen MR) is 96.7 cm³/mol. The molecule has 3 heterocycles. The first-order valence-electron chi connectivity index (χ1n) is 9.07. The number of hydrogen-bond donors (Lipinski definition) is 0. The van der Waals surface area contributed by atoms with Gasteiger partial charge in [0.2, 0.25) is 5.91 Å². The van der Waals surface area contributed by atoms with Crippen molar-refractivity contribution in [3.8, 4) is 0 Å². The van der Waals surface area contributed by atoms with Crippen LogP contribution in [0.5, 0.6) is 0 Å². The molecule has 0 radical (unpaired) electrons. The molecule has 0 aromatic heterocycles. The van der Waals surface area contributed by atoms with Gasteiger partial charge in [0.25, 0.3) is 5.92 Å². The molecule has 9 heteroatoms. The molecular formula is C18H22ClF2N3O3. The Bertz CT molecular complexity index is 693. The number of rotatable bonds is 2. The Hall–Kier alpha value is -1.96. The number of aliphatic imine (C=N–C) groups is 1. The Morgan fingerprint density at radius 1 is 1.33 bits per heavy atom. The first kappa shape index (κ1) is 19.8. The number of halogens is 3. The molecule has 0 N–H and O–H groups in total. The van der Waals surface area contributed by atoms with Crippen LogP contribution in [0, 0.1) is 0 Å². The maximum atomic E-state index is 14.2. The van der Waals surface area contributed by atoms with Crippen molar-refractivity contribution in [2.45, 2.75) is 50.5 Å². The molecule has 2 amide bonds. The summed E-state index contributed by atoms with van der Waals surface area (Å²) in [5.41, 5.74) is 0. The standard InChI is InChI=1S/C18H22ClF2N3O3/c19-15-6-3-1-2-5-14(10-22-15)27-17(26)23-11-13(9-18(20,21)12-23)24-8-4-7-16(24)25/h2,5,10,13H,1,3-4,6-9,11-12H2/b5-2-,14-10+,22-15+. The van der Waals surface area contributed by atoms with Gasteiger partial charge in [0.1, 0.15) is 5.17 Å². The predicted octanol–water partition coefficient (Wildman–Crippen LogP) is 3.67. The van der Waals surface area contributed by atoms with E-state index < -0.39 is 31.0 Å². The lowest BCUT2D eigenvalue weighted by molar-refractivity contribution is -0.135. The van der Waals surface area contributed by atoms with Crippen LogP contribution in [0.2, 0.25) is 0 Å². The van der Waals surface area contributed by atoms with Gasteiger partial charge in [-0.2, -0.15) is 0 Å². The number of nitrogens with zero attached hydrogens (tertiary/aromatic N) is 3. The van der Waals surface area contributed by atoms with Crippen LogP contribution in [-0.4, -0.2) is 58.6 Å². The second kappa shape index (κ2) is 8.37. The summed E-state index contributed by atoms with van der Waals surface area (Å²) in [5.74, 6) is -3.07. The van der Waals surface area contributed by atoms with E-state index in [-0.39, 0.29) is 18.2 Å². The van der Waals surface area contributed by atoms with E-state index in [9.17, 15) is 18.4 Å². The van der Waals surface area contributed by atoms with Gasteiger partial charge in [-0.3, -0.25) is 9.69 Å². The number of piperidine rings is 1. The number of alkyl halides is 2. The molecule has 3 aliphatic rings. The molecule has 6 nitrogen and oxygen atoms in total. The maximum absolute atomic E-state index is 14.2. The molecule has 0 aromatic carbocycles. The normalized spacial score (nSPS) is 31.1. The van der Waals surface area contributed by atoms with Gasteiger partial charge >= 0.3 is 6.09 Å². The Balaban J connectivity index is 1.70. The molecule has 2 fully saturated rings. The van der Waals surface area contributed by atoms with Crippen LogP contribution >= 0.6 is 11.6 Å². The van der Waals surface area contributed by atoms with Crippen molar-refractivity contribution in [1.82, 2.24) is 9.80 Å². The lowest BCUT2D eigenvalue weighted by atomic mass is 10.0. The third-order valence-electron chi connectivity index (χ3n) is 4.77. The highest BCUT2D eigenvalue weighted by atomic mass is 35.5. The van der Waals surface area contributed by atoms with E-state index in [2.05, 4.69) is 4.99 Å². The second-order valence-electron chi connectivity index (χ2n) is 6.98. The summed E-state index contributed by atoms with van der Waals surface area (Å²) >= 11 is 5.95. The molecule has 3 aliphatic heterocycles. The number of hydrogen-bond acceptors (Lipinski definition) is 4. The quantitative estimate of drug-likeness (QED) is 0.709. The van der Waals surface area contributed by atoms with Gasteiger partial charge < -0.3 is 9.64 Å². The number of allylic oxidation sites excluding steroid dienone is 2. The van der Waals surface area contributed by atoms with E-state index in [4.69, 9.17) is 16.3 Å². The molecule has 0 bridgehead atoms. The van der Waals surface area contributed by atoms with Crippen molar-refractivity contribution >= 4 is 28.8 Å². The van der Waals surface area contributed by atoms with Crippen molar-refractivity contribution in [1.29, 1.82) is 0 Å². The van der Waals surface area contributed by atoms with Crippen molar-refractivity contribution in [3.05, 3.63) is 24.1 Å². The summed E-state index contributed by atoms with van der Waals surface area (Å²) in [6, 6.07) is -0.700. The van der Waals surface area contributed by atoms with Crippen LogP contribution in [0.3, 0.4) is 0 Å². The van der Waals surface area contributed by atoms with Crippen LogP contribution < -0.4 is 0 Å². The smallest absolute Gasteiger partial charge is 0.409 e. The van der Waals surface area contributed by atoms with E-state index >= 15 is 0 Å². The molecule has 0 saturated carbocycles. The van der Waals surface area contributed by atoms with Gasteiger partial charge in [-0.05, 0) is 25.3 Å². The van der Waals surface area contributed by atoms with E-state index in [1.165, 1.54) is 11.1 Å². The van der Waals surface area contributed by atoms with Crippen LogP contribution in [0.1, 0.15) is 38.5 Å². The largest absolute Gasteiger partial charge is 0.415 e. The summed E-state index contributed by atoms with van der Waals surface area (Å²) < 4.78 is 33.6. The third-order valence-corrected chi connectivity index (χ3v) is 5.06. The molecule has 148 valence electrons. The zero-order chi connectivity index (χ0) is 19.4. The Morgan fingerprint density at radius 3 is 2.89 bits per heavy atom. The van der Waals surface area contributed by atoms with E-state index in [1.807, 2.05) is 6.08 Å². The number of carbonyl (C=O) groups excluding carboxylic acids is 2. The zero-order valence-corrected chi connectivity index (χ0v) is 15.6. The van der Waals surface area contributed by atoms with Gasteiger partial charge in [0.05, 0.1) is 18.8 Å². The van der Waals surface area contributed by atoms with Crippen molar-refractivity contribution in [2.24, 2.45) is 4.99 Å². The van der Waals surface area contributed by atoms with Crippen LogP contribution in [0.4, 0.5) is 13.6 Å². The van der Waals surface area contributed by atoms with E-state index in [0.29, 0.717) is 31.0 Å². The number of carbonyl (C=O) groups is 2. The minimum Gasteiger partial charge on any atom is -0.409 e. The van der Waals surface area contributed by atoms with Crippen molar-refractivity contribution in [2.75, 3.05) is 19.6 Å². The second-order valence-corrected chi connectivity index (χ2v) is 7.42. The average Bonchev–Trinajstić information content (AvgIpc) is 3.06. The Labute approximate surface area is 161 Å².